The average Bonchev–Trinajstić information content (AvgIpc) is 2.93. The molecule has 1 saturated heterocycles. The molecule has 6 heteroatoms. The van der Waals surface area contributed by atoms with Crippen molar-refractivity contribution in [3.63, 3.8) is 0 Å². The Morgan fingerprint density at radius 1 is 1.22 bits per heavy atom. The van der Waals surface area contributed by atoms with Crippen molar-refractivity contribution in [3.05, 3.63) is 64.7 Å². The highest BCUT2D eigenvalue weighted by Gasteiger charge is 2.36. The van der Waals surface area contributed by atoms with Crippen LogP contribution >= 0.6 is 35.6 Å². The monoisotopic (exact) mass is 415 g/mol. The predicted octanol–water partition coefficient (Wildman–Crippen LogP) is 4.37. The summed E-state index contributed by atoms with van der Waals surface area (Å²) in [5.74, 6) is 3.01. The summed E-state index contributed by atoms with van der Waals surface area (Å²) < 4.78 is 6.01. The van der Waals surface area contributed by atoms with Crippen LogP contribution in [0.1, 0.15) is 11.1 Å². The van der Waals surface area contributed by atoms with E-state index in [1.807, 2.05) is 30.3 Å². The summed E-state index contributed by atoms with van der Waals surface area (Å²) >= 11 is 13.1. The molecule has 0 radical (unpaired) electrons. The molecule has 1 atom stereocenters. The van der Waals surface area contributed by atoms with Crippen molar-refractivity contribution in [2.45, 2.75) is 18.1 Å². The van der Waals surface area contributed by atoms with Gasteiger partial charge in [-0.3, -0.25) is 9.69 Å². The first-order valence-corrected chi connectivity index (χ1v) is 10.2. The van der Waals surface area contributed by atoms with E-state index in [-0.39, 0.29) is 17.8 Å². The fourth-order valence-corrected chi connectivity index (χ4v) is 4.68. The van der Waals surface area contributed by atoms with E-state index in [1.165, 1.54) is 17.3 Å². The minimum atomic E-state index is -0.221. The average molecular weight is 416 g/mol. The van der Waals surface area contributed by atoms with E-state index >= 15 is 0 Å². The van der Waals surface area contributed by atoms with E-state index in [0.29, 0.717) is 28.1 Å². The minimum Gasteiger partial charge on any atom is -0.479 e. The summed E-state index contributed by atoms with van der Waals surface area (Å²) in [6.07, 6.45) is 6.55. The molecule has 0 saturated carbocycles. The van der Waals surface area contributed by atoms with Crippen molar-refractivity contribution in [2.24, 2.45) is 0 Å². The van der Waals surface area contributed by atoms with Gasteiger partial charge in [0.1, 0.15) is 16.7 Å². The number of hydrogen-bond acceptors (Lipinski definition) is 4. The maximum atomic E-state index is 12.8. The Morgan fingerprint density at radius 3 is 2.70 bits per heavy atom. The van der Waals surface area contributed by atoms with Gasteiger partial charge in [0.15, 0.2) is 0 Å². The van der Waals surface area contributed by atoms with Gasteiger partial charge in [0.25, 0.3) is 0 Å². The number of carbonyl (C=O) groups excluding carboxylic acids is 1. The lowest BCUT2D eigenvalue weighted by molar-refractivity contribution is -0.126. The highest BCUT2D eigenvalue weighted by atomic mass is 35.5. The second kappa shape index (κ2) is 9.27. The molecule has 138 valence electrons. The summed E-state index contributed by atoms with van der Waals surface area (Å²) in [5, 5.41) is 0.267. The SMILES string of the molecule is C#CCOc1ccc(C[C@@H]2SC(=S)N(CCc3ccccc3)C2=O)cc1Cl. The summed E-state index contributed by atoms with van der Waals surface area (Å²) in [7, 11) is 0. The molecule has 1 fully saturated rings. The molecule has 27 heavy (non-hydrogen) atoms. The summed E-state index contributed by atoms with van der Waals surface area (Å²) in [6, 6.07) is 15.6. The molecule has 0 bridgehead atoms. The van der Waals surface area contributed by atoms with Gasteiger partial charge in [-0.2, -0.15) is 0 Å². The van der Waals surface area contributed by atoms with Crippen LogP contribution in [0.4, 0.5) is 0 Å². The molecule has 0 aromatic heterocycles. The Labute approximate surface area is 174 Å². The van der Waals surface area contributed by atoms with Crippen LogP contribution in [-0.2, 0) is 17.6 Å². The third-order valence-corrected chi connectivity index (χ3v) is 6.08. The molecule has 1 aliphatic heterocycles. The zero-order valence-electron chi connectivity index (χ0n) is 14.6. The summed E-state index contributed by atoms with van der Waals surface area (Å²) in [6.45, 7) is 0.769. The normalized spacial score (nSPS) is 16.4. The standard InChI is InChI=1S/C21H18ClNO2S2/c1-2-12-25-18-9-8-16(13-17(18)22)14-19-20(24)23(21(26)27-19)11-10-15-6-4-3-5-7-15/h1,3-9,13,19H,10-12,14H2/t19-/m0/s1. The maximum absolute atomic E-state index is 12.8. The van der Waals surface area contributed by atoms with Crippen molar-refractivity contribution in [2.75, 3.05) is 13.2 Å². The molecule has 2 aromatic rings. The predicted molar refractivity (Wildman–Crippen MR) is 115 cm³/mol. The van der Waals surface area contributed by atoms with Gasteiger partial charge in [-0.05, 0) is 36.1 Å². The van der Waals surface area contributed by atoms with E-state index < -0.39 is 0 Å². The highest BCUT2D eigenvalue weighted by Crippen LogP contribution is 2.32. The van der Waals surface area contributed by atoms with E-state index in [4.69, 9.17) is 35.0 Å². The molecule has 1 aliphatic rings. The van der Waals surface area contributed by atoms with Crippen LogP contribution in [0.25, 0.3) is 0 Å². The molecule has 0 aliphatic carbocycles. The molecule has 0 N–H and O–H groups in total. The number of carbonyl (C=O) groups is 1. The van der Waals surface area contributed by atoms with Gasteiger partial charge in [0.05, 0.1) is 10.3 Å². The number of benzene rings is 2. The van der Waals surface area contributed by atoms with Gasteiger partial charge >= 0.3 is 0 Å². The number of hydrogen-bond donors (Lipinski definition) is 0. The Kier molecular flexibility index (Phi) is 6.78. The first-order chi connectivity index (χ1) is 13.1. The van der Waals surface area contributed by atoms with Crippen molar-refractivity contribution >= 4 is 45.8 Å². The number of ether oxygens (including phenoxy) is 1. The number of halogens is 1. The zero-order chi connectivity index (χ0) is 19.2. The van der Waals surface area contributed by atoms with Gasteiger partial charge in [-0.25, -0.2) is 0 Å². The van der Waals surface area contributed by atoms with Crippen LogP contribution in [0.2, 0.25) is 5.02 Å². The number of thioether (sulfide) groups is 1. The molecule has 0 unspecified atom stereocenters. The van der Waals surface area contributed by atoms with Gasteiger partial charge in [-0.15, -0.1) is 6.42 Å². The molecule has 3 rings (SSSR count). The first kappa shape index (κ1) is 19.8. The summed E-state index contributed by atoms with van der Waals surface area (Å²) in [5.41, 5.74) is 2.16. The molecule has 1 heterocycles. The summed E-state index contributed by atoms with van der Waals surface area (Å²) in [4.78, 5) is 14.5. The smallest absolute Gasteiger partial charge is 0.241 e. The highest BCUT2D eigenvalue weighted by molar-refractivity contribution is 8.24. The number of terminal acetylenes is 1. The number of nitrogens with zero attached hydrogens (tertiary/aromatic N) is 1. The van der Waals surface area contributed by atoms with E-state index in [0.717, 1.165) is 12.0 Å². The van der Waals surface area contributed by atoms with Crippen LogP contribution in [0.5, 0.6) is 5.75 Å². The number of thiocarbonyl (C=S) groups is 1. The van der Waals surface area contributed by atoms with Gasteiger partial charge in [0, 0.05) is 6.54 Å². The van der Waals surface area contributed by atoms with Crippen molar-refractivity contribution in [1.29, 1.82) is 0 Å². The van der Waals surface area contributed by atoms with Crippen molar-refractivity contribution in [1.82, 2.24) is 4.90 Å². The largest absolute Gasteiger partial charge is 0.479 e. The second-order valence-corrected chi connectivity index (χ2v) is 8.30. The fourth-order valence-electron chi connectivity index (χ4n) is 2.84. The van der Waals surface area contributed by atoms with Gasteiger partial charge in [-0.1, -0.05) is 77.9 Å². The third-order valence-electron chi connectivity index (χ3n) is 4.20. The fraction of sp³-hybridized carbons (Fsp3) is 0.238. The van der Waals surface area contributed by atoms with Crippen LogP contribution in [-0.4, -0.2) is 33.5 Å². The Hall–Kier alpha value is -2.00. The first-order valence-electron chi connectivity index (χ1n) is 8.49. The van der Waals surface area contributed by atoms with Gasteiger partial charge < -0.3 is 4.74 Å². The Morgan fingerprint density at radius 2 is 2.00 bits per heavy atom. The maximum Gasteiger partial charge on any atom is 0.241 e. The lowest BCUT2D eigenvalue weighted by Gasteiger charge is -2.15. The van der Waals surface area contributed by atoms with E-state index in [1.54, 1.807) is 11.0 Å². The van der Waals surface area contributed by atoms with Crippen LogP contribution < -0.4 is 4.74 Å². The lowest BCUT2D eigenvalue weighted by Crippen LogP contribution is -2.33. The molecular formula is C21H18ClNO2S2. The Bertz CT molecular complexity index is 879. The van der Waals surface area contributed by atoms with Crippen molar-refractivity contribution < 1.29 is 9.53 Å². The molecular weight excluding hydrogens is 398 g/mol. The number of rotatable bonds is 7. The van der Waals surface area contributed by atoms with Crippen molar-refractivity contribution in [3.8, 4) is 18.1 Å². The van der Waals surface area contributed by atoms with Crippen LogP contribution in [0, 0.1) is 12.3 Å². The quantitative estimate of drug-likeness (QED) is 0.496. The Balaban J connectivity index is 1.61. The molecule has 2 aromatic carbocycles. The topological polar surface area (TPSA) is 29.5 Å². The van der Waals surface area contributed by atoms with E-state index in [9.17, 15) is 4.79 Å². The van der Waals surface area contributed by atoms with Crippen LogP contribution in [0.3, 0.4) is 0 Å². The third kappa shape index (κ3) is 5.04. The minimum absolute atomic E-state index is 0.0599. The molecule has 0 spiro atoms. The second-order valence-electron chi connectivity index (χ2n) is 6.06. The number of amides is 1. The van der Waals surface area contributed by atoms with Gasteiger partial charge in [0.2, 0.25) is 5.91 Å². The zero-order valence-corrected chi connectivity index (χ0v) is 16.9. The molecule has 1 amide bonds. The lowest BCUT2D eigenvalue weighted by atomic mass is 10.1. The molecule has 3 nitrogen and oxygen atoms in total. The van der Waals surface area contributed by atoms with E-state index in [2.05, 4.69) is 18.1 Å². The van der Waals surface area contributed by atoms with Crippen LogP contribution in [0.15, 0.2) is 48.5 Å².